The van der Waals surface area contributed by atoms with Gasteiger partial charge in [0.2, 0.25) is 0 Å². The number of rotatable bonds is 4. The van der Waals surface area contributed by atoms with E-state index >= 15 is 0 Å². The lowest BCUT2D eigenvalue weighted by molar-refractivity contribution is -0.385. The lowest BCUT2D eigenvalue weighted by Gasteiger charge is -2.29. The molecule has 0 saturated heterocycles. The number of anilines is 1. The highest BCUT2D eigenvalue weighted by molar-refractivity contribution is 6.17. The molecule has 1 aliphatic carbocycles. The number of nitro benzene ring substituents is 1. The number of nitro groups is 1. The zero-order valence-electron chi connectivity index (χ0n) is 11.8. The van der Waals surface area contributed by atoms with Crippen molar-refractivity contribution in [3.63, 3.8) is 0 Å². The first-order chi connectivity index (χ1) is 9.63. The molecule has 0 unspecified atom stereocenters. The quantitative estimate of drug-likeness (QED) is 0.356. The minimum atomic E-state index is -0.368. The van der Waals surface area contributed by atoms with Crippen LogP contribution < -0.4 is 4.90 Å². The lowest BCUT2D eigenvalue weighted by atomic mass is 10.1. The van der Waals surface area contributed by atoms with Gasteiger partial charge in [0.05, 0.1) is 10.8 Å². The van der Waals surface area contributed by atoms with E-state index in [1.54, 1.807) is 6.07 Å². The largest absolute Gasteiger partial charge is 0.372 e. The molecule has 1 fully saturated rings. The topological polar surface area (TPSA) is 46.4 Å². The highest BCUT2D eigenvalue weighted by Crippen LogP contribution is 2.29. The van der Waals surface area contributed by atoms with Crippen molar-refractivity contribution in [2.24, 2.45) is 0 Å². The fraction of sp³-hybridized carbons (Fsp3) is 0.600. The van der Waals surface area contributed by atoms with E-state index in [0.29, 0.717) is 11.6 Å². The Morgan fingerprint density at radius 3 is 2.50 bits per heavy atom. The second kappa shape index (κ2) is 6.93. The second-order valence-electron chi connectivity index (χ2n) is 5.46. The molecule has 0 atom stereocenters. The van der Waals surface area contributed by atoms with Gasteiger partial charge in [-0.1, -0.05) is 25.7 Å². The van der Waals surface area contributed by atoms with E-state index in [9.17, 15) is 10.1 Å². The average Bonchev–Trinajstić information content (AvgIpc) is 2.74. The first-order valence-corrected chi connectivity index (χ1v) is 7.73. The molecule has 1 aromatic rings. The van der Waals surface area contributed by atoms with Crippen molar-refractivity contribution in [3.8, 4) is 0 Å². The van der Waals surface area contributed by atoms with Crippen LogP contribution in [0.15, 0.2) is 18.2 Å². The molecular weight excluding hydrogens is 276 g/mol. The van der Waals surface area contributed by atoms with Gasteiger partial charge in [-0.15, -0.1) is 11.6 Å². The summed E-state index contributed by atoms with van der Waals surface area (Å²) in [5, 5.41) is 10.9. The van der Waals surface area contributed by atoms with Crippen molar-refractivity contribution in [2.45, 2.75) is 50.4 Å². The van der Waals surface area contributed by atoms with Crippen molar-refractivity contribution in [2.75, 3.05) is 11.9 Å². The van der Waals surface area contributed by atoms with E-state index < -0.39 is 0 Å². The molecular formula is C15H21ClN2O2. The molecule has 0 aromatic heterocycles. The zero-order chi connectivity index (χ0) is 14.5. The fourth-order valence-corrected chi connectivity index (χ4v) is 3.15. The first kappa shape index (κ1) is 15.1. The van der Waals surface area contributed by atoms with Gasteiger partial charge in [-0.2, -0.15) is 0 Å². The van der Waals surface area contributed by atoms with Gasteiger partial charge in [-0.3, -0.25) is 10.1 Å². The molecule has 1 aromatic carbocycles. The third-order valence-electron chi connectivity index (χ3n) is 4.18. The van der Waals surface area contributed by atoms with Crippen LogP contribution in [-0.4, -0.2) is 18.0 Å². The summed E-state index contributed by atoms with van der Waals surface area (Å²) in [6.07, 6.45) is 7.57. The molecule has 2 rings (SSSR count). The van der Waals surface area contributed by atoms with Crippen LogP contribution in [0.5, 0.6) is 0 Å². The van der Waals surface area contributed by atoms with E-state index in [0.717, 1.165) is 5.69 Å². The van der Waals surface area contributed by atoms with Gasteiger partial charge in [0.1, 0.15) is 0 Å². The molecule has 0 N–H and O–H groups in total. The second-order valence-corrected chi connectivity index (χ2v) is 5.73. The van der Waals surface area contributed by atoms with Crippen LogP contribution in [0.2, 0.25) is 0 Å². The summed E-state index contributed by atoms with van der Waals surface area (Å²) in [5.41, 5.74) is 1.73. The molecule has 4 nitrogen and oxygen atoms in total. The van der Waals surface area contributed by atoms with Crippen molar-refractivity contribution in [1.82, 2.24) is 0 Å². The van der Waals surface area contributed by atoms with E-state index in [-0.39, 0.29) is 16.5 Å². The predicted octanol–water partition coefficient (Wildman–Crippen LogP) is 4.49. The summed E-state index contributed by atoms with van der Waals surface area (Å²) in [4.78, 5) is 12.8. The summed E-state index contributed by atoms with van der Waals surface area (Å²) in [7, 11) is 2.08. The lowest BCUT2D eigenvalue weighted by Crippen LogP contribution is -2.31. The Balaban J connectivity index is 2.20. The molecule has 0 heterocycles. The van der Waals surface area contributed by atoms with Crippen LogP contribution >= 0.6 is 11.6 Å². The molecule has 1 saturated carbocycles. The van der Waals surface area contributed by atoms with Crippen molar-refractivity contribution in [3.05, 3.63) is 33.9 Å². The van der Waals surface area contributed by atoms with Gasteiger partial charge in [0.15, 0.2) is 0 Å². The van der Waals surface area contributed by atoms with Crippen molar-refractivity contribution in [1.29, 1.82) is 0 Å². The van der Waals surface area contributed by atoms with E-state index in [2.05, 4.69) is 11.9 Å². The maximum Gasteiger partial charge on any atom is 0.273 e. The van der Waals surface area contributed by atoms with E-state index in [1.165, 1.54) is 38.5 Å². The number of halogens is 1. The normalized spacial score (nSPS) is 16.7. The zero-order valence-corrected chi connectivity index (χ0v) is 12.6. The number of hydrogen-bond acceptors (Lipinski definition) is 3. The smallest absolute Gasteiger partial charge is 0.273 e. The predicted molar refractivity (Wildman–Crippen MR) is 82.5 cm³/mol. The molecule has 0 radical (unpaired) electrons. The maximum atomic E-state index is 10.9. The molecule has 110 valence electrons. The monoisotopic (exact) mass is 296 g/mol. The summed E-state index contributed by atoms with van der Waals surface area (Å²) in [6, 6.07) is 5.79. The summed E-state index contributed by atoms with van der Waals surface area (Å²) in [5.74, 6) is 0.169. The molecule has 1 aliphatic rings. The molecule has 20 heavy (non-hydrogen) atoms. The van der Waals surface area contributed by atoms with Crippen LogP contribution in [0.3, 0.4) is 0 Å². The van der Waals surface area contributed by atoms with Crippen LogP contribution in [0.4, 0.5) is 11.4 Å². The Morgan fingerprint density at radius 2 is 1.95 bits per heavy atom. The molecule has 0 amide bonds. The van der Waals surface area contributed by atoms with E-state index in [4.69, 9.17) is 11.6 Å². The highest BCUT2D eigenvalue weighted by atomic mass is 35.5. The van der Waals surface area contributed by atoms with E-state index in [1.807, 2.05) is 12.1 Å². The Morgan fingerprint density at radius 1 is 1.30 bits per heavy atom. The third kappa shape index (κ3) is 3.42. The van der Waals surface area contributed by atoms with Crippen LogP contribution in [0.25, 0.3) is 0 Å². The summed E-state index contributed by atoms with van der Waals surface area (Å²) < 4.78 is 0. The van der Waals surface area contributed by atoms with Crippen LogP contribution in [0.1, 0.15) is 44.1 Å². The minimum Gasteiger partial charge on any atom is -0.372 e. The SMILES string of the molecule is CN(c1ccc([N+](=O)[O-])c(CCl)c1)C1CCCCCC1. The number of nitrogens with zero attached hydrogens (tertiary/aromatic N) is 2. The van der Waals surface area contributed by atoms with Gasteiger partial charge >= 0.3 is 0 Å². The molecule has 0 aliphatic heterocycles. The van der Waals surface area contributed by atoms with Gasteiger partial charge < -0.3 is 4.90 Å². The summed E-state index contributed by atoms with van der Waals surface area (Å²) >= 11 is 5.84. The van der Waals surface area contributed by atoms with Gasteiger partial charge in [0, 0.05) is 30.4 Å². The first-order valence-electron chi connectivity index (χ1n) is 7.19. The van der Waals surface area contributed by atoms with Gasteiger partial charge in [0.25, 0.3) is 5.69 Å². The number of alkyl halides is 1. The average molecular weight is 297 g/mol. The Kier molecular flexibility index (Phi) is 5.24. The van der Waals surface area contributed by atoms with Gasteiger partial charge in [-0.05, 0) is 25.0 Å². The number of hydrogen-bond donors (Lipinski definition) is 0. The Bertz CT molecular complexity index is 471. The fourth-order valence-electron chi connectivity index (χ4n) is 2.93. The summed E-state index contributed by atoms with van der Waals surface area (Å²) in [6.45, 7) is 0. The highest BCUT2D eigenvalue weighted by Gasteiger charge is 2.20. The number of benzene rings is 1. The molecule has 0 bridgehead atoms. The van der Waals surface area contributed by atoms with Crippen LogP contribution in [-0.2, 0) is 5.88 Å². The Labute approximate surface area is 124 Å². The molecule has 5 heteroatoms. The van der Waals surface area contributed by atoms with Gasteiger partial charge in [-0.25, -0.2) is 0 Å². The van der Waals surface area contributed by atoms with Crippen molar-refractivity contribution >= 4 is 23.0 Å². The standard InChI is InChI=1S/C15H21ClN2O2/c1-17(13-6-4-2-3-5-7-13)14-8-9-15(18(19)20)12(10-14)11-16/h8-10,13H,2-7,11H2,1H3. The maximum absolute atomic E-state index is 10.9. The molecule has 0 spiro atoms. The third-order valence-corrected chi connectivity index (χ3v) is 4.47. The minimum absolute atomic E-state index is 0.109. The van der Waals surface area contributed by atoms with Crippen molar-refractivity contribution < 1.29 is 4.92 Å². The van der Waals surface area contributed by atoms with Crippen LogP contribution in [0, 0.1) is 10.1 Å². The Hall–Kier alpha value is -1.29.